The van der Waals surface area contributed by atoms with Gasteiger partial charge in [0.25, 0.3) is 0 Å². The van der Waals surface area contributed by atoms with Gasteiger partial charge in [-0.2, -0.15) is 5.10 Å². The molecule has 2 rings (SSSR count). The summed E-state index contributed by atoms with van der Waals surface area (Å²) < 4.78 is 2.03. The molecule has 1 atom stereocenters. The van der Waals surface area contributed by atoms with Gasteiger partial charge in [0, 0.05) is 30.9 Å². The van der Waals surface area contributed by atoms with Crippen molar-refractivity contribution < 1.29 is 0 Å². The van der Waals surface area contributed by atoms with Gasteiger partial charge in [-0.05, 0) is 45.1 Å². The maximum absolute atomic E-state index is 6.06. The average Bonchev–Trinajstić information content (AvgIpc) is 3.08. The summed E-state index contributed by atoms with van der Waals surface area (Å²) in [5.41, 5.74) is 7.83. The Bertz CT molecular complexity index is 420. The summed E-state index contributed by atoms with van der Waals surface area (Å²) in [5, 5.41) is 4.47. The fourth-order valence-electron chi connectivity index (χ4n) is 3.37. The molecule has 1 fully saturated rings. The van der Waals surface area contributed by atoms with Crippen LogP contribution < -0.4 is 5.73 Å². The topological polar surface area (TPSA) is 47.1 Å². The van der Waals surface area contributed by atoms with Crippen LogP contribution in [-0.2, 0) is 0 Å². The molecule has 114 valence electrons. The molecule has 0 saturated carbocycles. The van der Waals surface area contributed by atoms with Crippen molar-refractivity contribution in [1.82, 2.24) is 14.7 Å². The van der Waals surface area contributed by atoms with Crippen LogP contribution in [-0.4, -0.2) is 34.3 Å². The van der Waals surface area contributed by atoms with Crippen molar-refractivity contribution in [1.29, 1.82) is 0 Å². The van der Waals surface area contributed by atoms with Crippen molar-refractivity contribution >= 4 is 0 Å². The predicted octanol–water partition coefficient (Wildman–Crippen LogP) is 2.98. The van der Waals surface area contributed by atoms with Gasteiger partial charge < -0.3 is 5.73 Å². The van der Waals surface area contributed by atoms with Crippen LogP contribution in [0.2, 0.25) is 0 Å². The molecule has 1 aromatic rings. The van der Waals surface area contributed by atoms with E-state index < -0.39 is 0 Å². The number of rotatable bonds is 6. The van der Waals surface area contributed by atoms with Crippen molar-refractivity contribution in [3.8, 4) is 0 Å². The normalized spacial score (nSPS) is 20.7. The first-order valence-electron chi connectivity index (χ1n) is 8.03. The third kappa shape index (κ3) is 2.91. The molecular formula is C16H30N4. The molecule has 1 aromatic heterocycles. The quantitative estimate of drug-likeness (QED) is 0.870. The second-order valence-electron chi connectivity index (χ2n) is 6.53. The number of nitrogens with two attached hydrogens (primary N) is 1. The Morgan fingerprint density at radius 3 is 2.50 bits per heavy atom. The van der Waals surface area contributed by atoms with Gasteiger partial charge in [0.15, 0.2) is 0 Å². The smallest absolute Gasteiger partial charge is 0.0538 e. The van der Waals surface area contributed by atoms with Crippen molar-refractivity contribution in [3.05, 3.63) is 18.0 Å². The molecule has 0 aliphatic carbocycles. The second-order valence-corrected chi connectivity index (χ2v) is 6.53. The Morgan fingerprint density at radius 1 is 1.35 bits per heavy atom. The molecule has 0 spiro atoms. The first kappa shape index (κ1) is 15.5. The van der Waals surface area contributed by atoms with Gasteiger partial charge in [-0.1, -0.05) is 13.8 Å². The van der Waals surface area contributed by atoms with Crippen LogP contribution in [0.4, 0.5) is 0 Å². The zero-order valence-corrected chi connectivity index (χ0v) is 13.5. The molecule has 0 radical (unpaired) electrons. The highest BCUT2D eigenvalue weighted by Crippen LogP contribution is 2.40. The Morgan fingerprint density at radius 2 is 2.05 bits per heavy atom. The first-order chi connectivity index (χ1) is 9.55. The molecule has 0 bridgehead atoms. The van der Waals surface area contributed by atoms with Gasteiger partial charge in [0.2, 0.25) is 0 Å². The summed E-state index contributed by atoms with van der Waals surface area (Å²) in [6, 6.07) is 0.730. The zero-order valence-electron chi connectivity index (χ0n) is 13.5. The number of hydrogen-bond acceptors (Lipinski definition) is 3. The van der Waals surface area contributed by atoms with E-state index in [1.165, 1.54) is 31.4 Å². The molecule has 0 aromatic carbocycles. The van der Waals surface area contributed by atoms with Gasteiger partial charge >= 0.3 is 0 Å². The lowest BCUT2D eigenvalue weighted by Gasteiger charge is -2.30. The predicted molar refractivity (Wildman–Crippen MR) is 83.6 cm³/mol. The summed E-state index contributed by atoms with van der Waals surface area (Å²) in [7, 11) is 0. The number of nitrogens with zero attached hydrogens (tertiary/aromatic N) is 3. The summed E-state index contributed by atoms with van der Waals surface area (Å²) in [6.45, 7) is 12.0. The lowest BCUT2D eigenvalue weighted by Crippen LogP contribution is -2.34. The third-order valence-electron chi connectivity index (χ3n) is 5.17. The van der Waals surface area contributed by atoms with Crippen LogP contribution in [0.25, 0.3) is 0 Å². The largest absolute Gasteiger partial charge is 0.329 e. The second kappa shape index (κ2) is 6.27. The van der Waals surface area contributed by atoms with Crippen molar-refractivity contribution in [3.63, 3.8) is 0 Å². The highest BCUT2D eigenvalue weighted by Gasteiger charge is 2.38. The van der Waals surface area contributed by atoms with Gasteiger partial charge in [0.05, 0.1) is 12.2 Å². The van der Waals surface area contributed by atoms with Crippen molar-refractivity contribution in [2.24, 2.45) is 11.1 Å². The van der Waals surface area contributed by atoms with E-state index in [0.29, 0.717) is 24.0 Å². The van der Waals surface area contributed by atoms with Gasteiger partial charge in [0.1, 0.15) is 0 Å². The average molecular weight is 278 g/mol. The minimum Gasteiger partial charge on any atom is -0.329 e. The molecule has 1 aliphatic rings. The molecule has 2 heterocycles. The molecule has 1 aliphatic heterocycles. The Hall–Kier alpha value is -0.870. The third-order valence-corrected chi connectivity index (χ3v) is 5.17. The number of likely N-dealkylation sites (tertiary alicyclic amines) is 1. The van der Waals surface area contributed by atoms with Crippen LogP contribution in [0.15, 0.2) is 12.4 Å². The van der Waals surface area contributed by atoms with Gasteiger partial charge in [-0.15, -0.1) is 0 Å². The Kier molecular flexibility index (Phi) is 4.86. The lowest BCUT2D eigenvalue weighted by molar-refractivity contribution is 0.197. The zero-order chi connectivity index (χ0) is 14.8. The molecule has 0 amide bonds. The number of hydrogen-bond donors (Lipinski definition) is 1. The van der Waals surface area contributed by atoms with Gasteiger partial charge in [-0.25, -0.2) is 0 Å². The maximum atomic E-state index is 6.06. The van der Waals surface area contributed by atoms with Gasteiger partial charge in [-0.3, -0.25) is 9.58 Å². The van der Waals surface area contributed by atoms with Crippen LogP contribution >= 0.6 is 0 Å². The summed E-state index contributed by atoms with van der Waals surface area (Å²) in [4.78, 5) is 2.56. The molecule has 4 heteroatoms. The summed E-state index contributed by atoms with van der Waals surface area (Å²) in [5.74, 6) is 0. The van der Waals surface area contributed by atoms with E-state index in [2.05, 4.69) is 43.9 Å². The molecule has 4 nitrogen and oxygen atoms in total. The maximum Gasteiger partial charge on any atom is 0.0538 e. The van der Waals surface area contributed by atoms with E-state index in [0.717, 1.165) is 6.54 Å². The van der Waals surface area contributed by atoms with Crippen LogP contribution in [0.3, 0.4) is 0 Å². The van der Waals surface area contributed by atoms with E-state index in [1.54, 1.807) is 0 Å². The Balaban J connectivity index is 2.12. The molecule has 2 N–H and O–H groups in total. The minimum atomic E-state index is 0.322. The first-order valence-corrected chi connectivity index (χ1v) is 8.03. The highest BCUT2D eigenvalue weighted by atomic mass is 15.3. The van der Waals surface area contributed by atoms with Crippen LogP contribution in [0, 0.1) is 5.41 Å². The molecule has 1 unspecified atom stereocenters. The lowest BCUT2D eigenvalue weighted by atomic mass is 9.82. The van der Waals surface area contributed by atoms with E-state index in [1.807, 2.05) is 10.9 Å². The van der Waals surface area contributed by atoms with Crippen molar-refractivity contribution in [2.45, 2.75) is 59.0 Å². The Labute approximate surface area is 123 Å². The molecule has 1 saturated heterocycles. The van der Waals surface area contributed by atoms with E-state index in [-0.39, 0.29) is 0 Å². The van der Waals surface area contributed by atoms with Crippen molar-refractivity contribution in [2.75, 3.05) is 19.6 Å². The van der Waals surface area contributed by atoms with E-state index >= 15 is 0 Å². The van der Waals surface area contributed by atoms with Crippen LogP contribution in [0.5, 0.6) is 0 Å². The fraction of sp³-hybridized carbons (Fsp3) is 0.812. The summed E-state index contributed by atoms with van der Waals surface area (Å²) >= 11 is 0. The monoisotopic (exact) mass is 278 g/mol. The van der Waals surface area contributed by atoms with Crippen LogP contribution in [0.1, 0.15) is 64.6 Å². The minimum absolute atomic E-state index is 0.322. The summed E-state index contributed by atoms with van der Waals surface area (Å²) in [6.07, 6.45) is 8.00. The fourth-order valence-corrected chi connectivity index (χ4v) is 3.37. The van der Waals surface area contributed by atoms with E-state index in [9.17, 15) is 0 Å². The molecular weight excluding hydrogens is 248 g/mol. The van der Waals surface area contributed by atoms with E-state index in [4.69, 9.17) is 5.73 Å². The highest BCUT2D eigenvalue weighted by molar-refractivity contribution is 5.13. The number of aromatic nitrogens is 2. The SMILES string of the molecule is CCC1(CC)CCN(C(CN)c2cnn(C(C)C)c2)C1. The molecule has 20 heavy (non-hydrogen) atoms. The standard InChI is InChI=1S/C16H30N4/c1-5-16(6-2)7-8-19(12-16)15(9-17)14-10-18-20(11-14)13(3)4/h10-11,13,15H,5-9,12,17H2,1-4H3.